The van der Waals surface area contributed by atoms with Crippen molar-refractivity contribution < 1.29 is 14.7 Å². The molecule has 10 heteroatoms. The van der Waals surface area contributed by atoms with E-state index in [0.717, 1.165) is 11.4 Å². The number of hydrogen-bond acceptors (Lipinski definition) is 8. The fourth-order valence-electron chi connectivity index (χ4n) is 2.92. The molecule has 0 radical (unpaired) electrons. The number of nitrogens with one attached hydrogen (secondary N) is 2. The van der Waals surface area contributed by atoms with Crippen molar-refractivity contribution >= 4 is 23.2 Å². The van der Waals surface area contributed by atoms with E-state index in [9.17, 15) is 4.79 Å². The summed E-state index contributed by atoms with van der Waals surface area (Å²) in [7, 11) is 1.56. The summed E-state index contributed by atoms with van der Waals surface area (Å²) in [6.07, 6.45) is 3.29. The van der Waals surface area contributed by atoms with Gasteiger partial charge in [0.15, 0.2) is 0 Å². The molecule has 0 fully saturated rings. The van der Waals surface area contributed by atoms with Crippen molar-refractivity contribution in [2.24, 2.45) is 0 Å². The number of aromatic nitrogens is 5. The predicted octanol–water partition coefficient (Wildman–Crippen LogP) is 2.37. The summed E-state index contributed by atoms with van der Waals surface area (Å²) in [6, 6.07) is 10.1. The zero-order valence-electron chi connectivity index (χ0n) is 15.6. The van der Waals surface area contributed by atoms with Gasteiger partial charge in [0.25, 0.3) is 5.91 Å². The standard InChI is InChI=1S/C19H17N7O3/c1-11-17(26-10-21-16(29-2)9-15(26)22-11)14-7-8-20-19(24-14)23-13-5-3-12(4-6-13)18(27)25-28/h3-10,28H,1-2H3,(H,25,27)(H,20,23,24). The molecule has 0 aliphatic carbocycles. The van der Waals surface area contributed by atoms with Gasteiger partial charge in [0.2, 0.25) is 11.8 Å². The first-order valence-electron chi connectivity index (χ1n) is 8.62. The van der Waals surface area contributed by atoms with E-state index >= 15 is 0 Å². The Morgan fingerprint density at radius 3 is 2.66 bits per heavy atom. The maximum atomic E-state index is 11.4. The van der Waals surface area contributed by atoms with Crippen molar-refractivity contribution in [1.82, 2.24) is 29.8 Å². The Morgan fingerprint density at radius 1 is 1.14 bits per heavy atom. The van der Waals surface area contributed by atoms with Crippen molar-refractivity contribution in [2.75, 3.05) is 12.4 Å². The fraction of sp³-hybridized carbons (Fsp3) is 0.105. The summed E-state index contributed by atoms with van der Waals surface area (Å²) in [5.41, 5.74) is 5.60. The van der Waals surface area contributed by atoms with Crippen LogP contribution in [0.5, 0.6) is 5.88 Å². The zero-order chi connectivity index (χ0) is 20.4. The first kappa shape index (κ1) is 18.3. The Labute approximate surface area is 165 Å². The number of anilines is 2. The Balaban J connectivity index is 1.65. The van der Waals surface area contributed by atoms with Gasteiger partial charge < -0.3 is 10.1 Å². The van der Waals surface area contributed by atoms with E-state index in [-0.39, 0.29) is 0 Å². The van der Waals surface area contributed by atoms with Crippen LogP contribution in [-0.2, 0) is 0 Å². The average Bonchev–Trinajstić information content (AvgIpc) is 3.08. The van der Waals surface area contributed by atoms with Crippen molar-refractivity contribution in [3.8, 4) is 17.3 Å². The Kier molecular flexibility index (Phi) is 4.75. The van der Waals surface area contributed by atoms with Crippen LogP contribution in [0.25, 0.3) is 17.0 Å². The molecular formula is C19H17N7O3. The van der Waals surface area contributed by atoms with Gasteiger partial charge in [-0.3, -0.25) is 14.4 Å². The Hall–Kier alpha value is -4.05. The lowest BCUT2D eigenvalue weighted by molar-refractivity contribution is 0.0706. The number of carbonyl (C=O) groups is 1. The first-order valence-corrected chi connectivity index (χ1v) is 8.62. The lowest BCUT2D eigenvalue weighted by Gasteiger charge is -2.08. The third kappa shape index (κ3) is 3.56. The van der Waals surface area contributed by atoms with E-state index in [4.69, 9.17) is 9.94 Å². The molecule has 0 saturated heterocycles. The summed E-state index contributed by atoms with van der Waals surface area (Å²) in [6.45, 7) is 1.90. The van der Waals surface area contributed by atoms with E-state index in [1.54, 1.807) is 61.5 Å². The van der Waals surface area contributed by atoms with Gasteiger partial charge in [-0.05, 0) is 37.3 Å². The maximum Gasteiger partial charge on any atom is 0.274 e. The normalized spacial score (nSPS) is 10.7. The monoisotopic (exact) mass is 391 g/mol. The molecule has 0 atom stereocenters. The second-order valence-corrected chi connectivity index (χ2v) is 6.11. The number of hydroxylamine groups is 1. The molecule has 0 saturated carbocycles. The summed E-state index contributed by atoms with van der Waals surface area (Å²) >= 11 is 0. The molecule has 4 rings (SSSR count). The molecule has 0 aliphatic heterocycles. The van der Waals surface area contributed by atoms with Gasteiger partial charge in [-0.25, -0.2) is 25.4 Å². The molecule has 3 N–H and O–H groups in total. The highest BCUT2D eigenvalue weighted by Gasteiger charge is 2.14. The number of hydrogen-bond donors (Lipinski definition) is 3. The van der Waals surface area contributed by atoms with Crippen LogP contribution in [-0.4, -0.2) is 42.6 Å². The van der Waals surface area contributed by atoms with Gasteiger partial charge >= 0.3 is 0 Å². The number of benzene rings is 1. The smallest absolute Gasteiger partial charge is 0.274 e. The highest BCUT2D eigenvalue weighted by Crippen LogP contribution is 2.25. The van der Waals surface area contributed by atoms with Crippen molar-refractivity contribution in [1.29, 1.82) is 0 Å². The van der Waals surface area contributed by atoms with E-state index in [1.165, 1.54) is 0 Å². The number of imidazole rings is 1. The molecule has 29 heavy (non-hydrogen) atoms. The van der Waals surface area contributed by atoms with E-state index in [1.807, 2.05) is 11.3 Å². The van der Waals surface area contributed by atoms with Crippen molar-refractivity contribution in [3.05, 3.63) is 60.2 Å². The van der Waals surface area contributed by atoms with Gasteiger partial charge in [-0.2, -0.15) is 0 Å². The number of amides is 1. The highest BCUT2D eigenvalue weighted by molar-refractivity contribution is 5.93. The Morgan fingerprint density at radius 2 is 1.93 bits per heavy atom. The van der Waals surface area contributed by atoms with Gasteiger partial charge in [0.05, 0.1) is 24.2 Å². The van der Waals surface area contributed by atoms with Gasteiger partial charge in [-0.15, -0.1) is 0 Å². The molecule has 0 spiro atoms. The molecule has 0 aliphatic rings. The Bertz CT molecular complexity index is 1190. The van der Waals surface area contributed by atoms with Crippen LogP contribution in [0, 0.1) is 6.92 Å². The van der Waals surface area contributed by atoms with Crippen LogP contribution in [0.1, 0.15) is 16.1 Å². The molecule has 0 bridgehead atoms. The van der Waals surface area contributed by atoms with E-state index in [2.05, 4.69) is 25.3 Å². The molecular weight excluding hydrogens is 374 g/mol. The van der Waals surface area contributed by atoms with E-state index in [0.29, 0.717) is 34.4 Å². The fourth-order valence-corrected chi connectivity index (χ4v) is 2.92. The molecule has 10 nitrogen and oxygen atoms in total. The zero-order valence-corrected chi connectivity index (χ0v) is 15.6. The number of fused-ring (bicyclic) bond motifs is 1. The summed E-state index contributed by atoms with van der Waals surface area (Å²) < 4.78 is 6.99. The van der Waals surface area contributed by atoms with Gasteiger partial charge in [0.1, 0.15) is 12.0 Å². The largest absolute Gasteiger partial charge is 0.481 e. The maximum absolute atomic E-state index is 11.4. The molecule has 1 amide bonds. The number of nitrogens with zero attached hydrogens (tertiary/aromatic N) is 5. The molecule has 146 valence electrons. The third-order valence-electron chi connectivity index (χ3n) is 4.28. The highest BCUT2D eigenvalue weighted by atomic mass is 16.5. The second-order valence-electron chi connectivity index (χ2n) is 6.11. The molecule has 0 unspecified atom stereocenters. The van der Waals surface area contributed by atoms with Crippen LogP contribution < -0.4 is 15.5 Å². The van der Waals surface area contributed by atoms with Crippen molar-refractivity contribution in [2.45, 2.75) is 6.92 Å². The topological polar surface area (TPSA) is 127 Å². The number of rotatable bonds is 5. The number of methoxy groups -OCH3 is 1. The molecule has 1 aromatic carbocycles. The van der Waals surface area contributed by atoms with Crippen LogP contribution >= 0.6 is 0 Å². The van der Waals surface area contributed by atoms with Crippen LogP contribution in [0.15, 0.2) is 48.9 Å². The van der Waals surface area contributed by atoms with Crippen LogP contribution in [0.2, 0.25) is 0 Å². The minimum absolute atomic E-state index is 0.331. The second kappa shape index (κ2) is 7.52. The first-order chi connectivity index (χ1) is 14.1. The van der Waals surface area contributed by atoms with Crippen molar-refractivity contribution in [3.63, 3.8) is 0 Å². The summed E-state index contributed by atoms with van der Waals surface area (Å²) in [5.74, 6) is 0.290. The lowest BCUT2D eigenvalue weighted by Crippen LogP contribution is -2.18. The SMILES string of the molecule is COc1cc2nc(C)c(-c3ccnc(Nc4ccc(C(=O)NO)cc4)n3)n2cn1. The minimum atomic E-state index is -0.580. The number of aryl methyl sites for hydroxylation is 1. The van der Waals surface area contributed by atoms with Gasteiger partial charge in [0, 0.05) is 23.5 Å². The minimum Gasteiger partial charge on any atom is -0.481 e. The number of carbonyl (C=O) groups excluding carboxylic acids is 1. The molecule has 3 aromatic heterocycles. The summed E-state index contributed by atoms with van der Waals surface area (Å²) in [4.78, 5) is 29.0. The predicted molar refractivity (Wildman–Crippen MR) is 104 cm³/mol. The lowest BCUT2D eigenvalue weighted by atomic mass is 10.2. The molecule has 3 heterocycles. The quantitative estimate of drug-likeness (QED) is 0.350. The van der Waals surface area contributed by atoms with E-state index < -0.39 is 5.91 Å². The van der Waals surface area contributed by atoms with Crippen LogP contribution in [0.3, 0.4) is 0 Å². The summed E-state index contributed by atoms with van der Waals surface area (Å²) in [5, 5.41) is 11.8. The third-order valence-corrected chi connectivity index (χ3v) is 4.28. The van der Waals surface area contributed by atoms with Crippen LogP contribution in [0.4, 0.5) is 11.6 Å². The molecule has 4 aromatic rings. The van der Waals surface area contributed by atoms with Gasteiger partial charge in [-0.1, -0.05) is 0 Å². The average molecular weight is 391 g/mol. The number of ether oxygens (including phenoxy) is 1.